The topological polar surface area (TPSA) is 67.9 Å². The Morgan fingerprint density at radius 3 is 2.33 bits per heavy atom. The molecule has 2 atom stereocenters. The van der Waals surface area contributed by atoms with Crippen molar-refractivity contribution < 1.29 is 19.1 Å². The third kappa shape index (κ3) is 7.39. The van der Waals surface area contributed by atoms with Gasteiger partial charge in [0.25, 0.3) is 0 Å². The first-order valence-electron chi connectivity index (χ1n) is 11.4. The zero-order chi connectivity index (χ0) is 24.4. The van der Waals surface area contributed by atoms with Gasteiger partial charge in [0.1, 0.15) is 6.04 Å². The molecule has 0 radical (unpaired) electrons. The maximum Gasteiger partial charge on any atom is 0.243 e. The summed E-state index contributed by atoms with van der Waals surface area (Å²) in [6.07, 6.45) is 2.10. The van der Waals surface area contributed by atoms with Crippen LogP contribution in [0.2, 0.25) is 5.02 Å². The van der Waals surface area contributed by atoms with E-state index in [4.69, 9.17) is 21.1 Å². The minimum atomic E-state index is -0.576. The SMILES string of the molecule is CC[C@H](C)NC(=O)[C@H](CC)N(Cc1ccccc1Cl)C(=O)CCc1ccc(OC)c(OC)c1. The molecule has 1 N–H and O–H groups in total. The van der Waals surface area contributed by atoms with Crippen molar-refractivity contribution in [2.45, 2.75) is 65.1 Å². The number of methoxy groups -OCH3 is 2. The molecule has 0 fully saturated rings. The molecular formula is C26H35ClN2O4. The number of aryl methyl sites for hydroxylation is 1. The van der Waals surface area contributed by atoms with Gasteiger partial charge in [-0.25, -0.2) is 0 Å². The monoisotopic (exact) mass is 474 g/mol. The Labute approximate surface area is 202 Å². The van der Waals surface area contributed by atoms with Crippen molar-refractivity contribution in [3.63, 3.8) is 0 Å². The second-order valence-corrected chi connectivity index (χ2v) is 8.45. The summed E-state index contributed by atoms with van der Waals surface area (Å²) in [5.74, 6) is 1.02. The highest BCUT2D eigenvalue weighted by atomic mass is 35.5. The van der Waals surface area contributed by atoms with Gasteiger partial charge in [0.2, 0.25) is 11.8 Å². The molecule has 2 aromatic rings. The minimum absolute atomic E-state index is 0.0376. The van der Waals surface area contributed by atoms with E-state index in [1.54, 1.807) is 25.2 Å². The van der Waals surface area contributed by atoms with Crippen molar-refractivity contribution in [1.82, 2.24) is 10.2 Å². The summed E-state index contributed by atoms with van der Waals surface area (Å²) >= 11 is 6.38. The normalized spacial score (nSPS) is 12.5. The summed E-state index contributed by atoms with van der Waals surface area (Å²) in [5, 5.41) is 3.60. The van der Waals surface area contributed by atoms with Crippen LogP contribution in [0.25, 0.3) is 0 Å². The lowest BCUT2D eigenvalue weighted by Crippen LogP contribution is -2.50. The molecule has 2 amide bonds. The quantitative estimate of drug-likeness (QED) is 0.469. The minimum Gasteiger partial charge on any atom is -0.493 e. The fourth-order valence-electron chi connectivity index (χ4n) is 3.60. The van der Waals surface area contributed by atoms with E-state index < -0.39 is 6.04 Å². The van der Waals surface area contributed by atoms with Crippen molar-refractivity contribution in [1.29, 1.82) is 0 Å². The molecule has 0 aromatic heterocycles. The smallest absolute Gasteiger partial charge is 0.243 e. The molecule has 0 aliphatic carbocycles. The number of nitrogens with one attached hydrogen (secondary N) is 1. The molecule has 2 rings (SSSR count). The van der Waals surface area contributed by atoms with Gasteiger partial charge >= 0.3 is 0 Å². The van der Waals surface area contributed by atoms with Crippen molar-refractivity contribution in [3.05, 3.63) is 58.6 Å². The first-order chi connectivity index (χ1) is 15.8. The number of benzene rings is 2. The van der Waals surface area contributed by atoms with Crippen molar-refractivity contribution in [2.75, 3.05) is 14.2 Å². The average molecular weight is 475 g/mol. The number of hydrogen-bond donors (Lipinski definition) is 1. The fourth-order valence-corrected chi connectivity index (χ4v) is 3.80. The van der Waals surface area contributed by atoms with E-state index >= 15 is 0 Å². The highest BCUT2D eigenvalue weighted by Crippen LogP contribution is 2.28. The lowest BCUT2D eigenvalue weighted by molar-refractivity contribution is -0.141. The van der Waals surface area contributed by atoms with Crippen LogP contribution >= 0.6 is 11.6 Å². The standard InChI is InChI=1S/C26H35ClN2O4/c1-6-18(3)28-26(31)22(7-2)29(17-20-10-8-9-11-21(20)27)25(30)15-13-19-12-14-23(32-4)24(16-19)33-5/h8-12,14,16,18,22H,6-7,13,15,17H2,1-5H3,(H,28,31)/t18-,22-/m0/s1. The van der Waals surface area contributed by atoms with Gasteiger partial charge < -0.3 is 19.7 Å². The van der Waals surface area contributed by atoms with Crippen molar-refractivity contribution in [3.8, 4) is 11.5 Å². The molecule has 0 saturated heterocycles. The molecule has 2 aromatic carbocycles. The summed E-state index contributed by atoms with van der Waals surface area (Å²) in [7, 11) is 3.17. The number of carbonyl (C=O) groups is 2. The van der Waals surface area contributed by atoms with E-state index in [1.165, 1.54) is 0 Å². The Hall–Kier alpha value is -2.73. The van der Waals surface area contributed by atoms with Gasteiger partial charge in [-0.3, -0.25) is 9.59 Å². The van der Waals surface area contributed by atoms with E-state index in [0.717, 1.165) is 17.5 Å². The molecule has 0 saturated carbocycles. The second-order valence-electron chi connectivity index (χ2n) is 8.04. The Kier molecular flexibility index (Phi) is 10.5. The molecule has 33 heavy (non-hydrogen) atoms. The van der Waals surface area contributed by atoms with E-state index in [9.17, 15) is 9.59 Å². The number of ether oxygens (including phenoxy) is 2. The van der Waals surface area contributed by atoms with Crippen LogP contribution in [-0.4, -0.2) is 43.0 Å². The number of rotatable bonds is 12. The van der Waals surface area contributed by atoms with Gasteiger partial charge in [-0.2, -0.15) is 0 Å². The summed E-state index contributed by atoms with van der Waals surface area (Å²) < 4.78 is 10.7. The lowest BCUT2D eigenvalue weighted by Gasteiger charge is -2.32. The van der Waals surface area contributed by atoms with Crippen LogP contribution in [0, 0.1) is 0 Å². The van der Waals surface area contributed by atoms with Crippen LogP contribution in [0.1, 0.15) is 51.2 Å². The van der Waals surface area contributed by atoms with Gasteiger partial charge in [0.15, 0.2) is 11.5 Å². The predicted octanol–water partition coefficient (Wildman–Crippen LogP) is 5.01. The molecule has 6 nitrogen and oxygen atoms in total. The Balaban J connectivity index is 2.25. The molecule has 0 unspecified atom stereocenters. The summed E-state index contributed by atoms with van der Waals surface area (Å²) in [6, 6.07) is 12.5. The largest absolute Gasteiger partial charge is 0.493 e. The van der Waals surface area contributed by atoms with Crippen LogP contribution in [0.3, 0.4) is 0 Å². The molecule has 0 aliphatic heterocycles. The van der Waals surface area contributed by atoms with E-state index in [2.05, 4.69) is 5.32 Å². The molecular weight excluding hydrogens is 440 g/mol. The second kappa shape index (κ2) is 13.1. The number of hydrogen-bond acceptors (Lipinski definition) is 4. The average Bonchev–Trinajstić information content (AvgIpc) is 2.83. The summed E-state index contributed by atoms with van der Waals surface area (Å²) in [5.41, 5.74) is 1.77. The lowest BCUT2D eigenvalue weighted by atomic mass is 10.1. The highest BCUT2D eigenvalue weighted by Gasteiger charge is 2.29. The van der Waals surface area contributed by atoms with Gasteiger partial charge in [-0.15, -0.1) is 0 Å². The van der Waals surface area contributed by atoms with E-state index in [0.29, 0.717) is 29.4 Å². The maximum atomic E-state index is 13.4. The number of amides is 2. The van der Waals surface area contributed by atoms with Crippen molar-refractivity contribution in [2.24, 2.45) is 0 Å². The van der Waals surface area contributed by atoms with Crippen LogP contribution in [0.5, 0.6) is 11.5 Å². The van der Waals surface area contributed by atoms with Gasteiger partial charge in [0.05, 0.1) is 14.2 Å². The summed E-state index contributed by atoms with van der Waals surface area (Å²) in [4.78, 5) is 28.1. The number of nitrogens with zero attached hydrogens (tertiary/aromatic N) is 1. The zero-order valence-corrected chi connectivity index (χ0v) is 20.9. The number of halogens is 1. The Bertz CT molecular complexity index is 934. The third-order valence-electron chi connectivity index (χ3n) is 5.76. The highest BCUT2D eigenvalue weighted by molar-refractivity contribution is 6.31. The van der Waals surface area contributed by atoms with Crippen LogP contribution in [-0.2, 0) is 22.6 Å². The maximum absolute atomic E-state index is 13.4. The first-order valence-corrected chi connectivity index (χ1v) is 11.8. The van der Waals surface area contributed by atoms with Crippen LogP contribution in [0.15, 0.2) is 42.5 Å². The Morgan fingerprint density at radius 2 is 1.73 bits per heavy atom. The summed E-state index contributed by atoms with van der Waals surface area (Å²) in [6.45, 7) is 6.17. The Morgan fingerprint density at radius 1 is 1.03 bits per heavy atom. The molecule has 180 valence electrons. The van der Waals surface area contributed by atoms with Crippen LogP contribution < -0.4 is 14.8 Å². The van der Waals surface area contributed by atoms with Crippen LogP contribution in [0.4, 0.5) is 0 Å². The van der Waals surface area contributed by atoms with Crippen molar-refractivity contribution >= 4 is 23.4 Å². The molecule has 0 heterocycles. The molecule has 7 heteroatoms. The van der Waals surface area contributed by atoms with Gasteiger partial charge in [-0.1, -0.05) is 49.7 Å². The first kappa shape index (κ1) is 26.5. The zero-order valence-electron chi connectivity index (χ0n) is 20.2. The molecule has 0 aliphatic rings. The van der Waals surface area contributed by atoms with Gasteiger partial charge in [-0.05, 0) is 55.5 Å². The predicted molar refractivity (Wildman–Crippen MR) is 132 cm³/mol. The molecule has 0 bridgehead atoms. The van der Waals surface area contributed by atoms with E-state index in [-0.39, 0.29) is 30.8 Å². The number of carbonyl (C=O) groups excluding carboxylic acids is 2. The van der Waals surface area contributed by atoms with E-state index in [1.807, 2.05) is 57.2 Å². The molecule has 0 spiro atoms. The fraction of sp³-hybridized carbons (Fsp3) is 0.462. The van der Waals surface area contributed by atoms with Gasteiger partial charge in [0, 0.05) is 24.0 Å². The third-order valence-corrected chi connectivity index (χ3v) is 6.13.